The molecule has 1 fully saturated rings. The zero-order valence-corrected chi connectivity index (χ0v) is 10.4. The number of ether oxygens (including phenoxy) is 1. The first-order valence-corrected chi connectivity index (χ1v) is 6.52. The number of rotatable bonds is 6. The predicted molar refractivity (Wildman–Crippen MR) is 64.9 cm³/mol. The molecule has 0 aromatic carbocycles. The fourth-order valence-electron chi connectivity index (χ4n) is 1.85. The van der Waals surface area contributed by atoms with Crippen molar-refractivity contribution in [1.29, 1.82) is 0 Å². The third kappa shape index (κ3) is 6.18. The average molecular weight is 249 g/mol. The van der Waals surface area contributed by atoms with E-state index in [2.05, 4.69) is 10.6 Å². The summed E-state index contributed by atoms with van der Waals surface area (Å²) in [6.45, 7) is 3.06. The Morgan fingerprint density at radius 3 is 2.62 bits per heavy atom. The van der Waals surface area contributed by atoms with Crippen molar-refractivity contribution in [2.45, 2.75) is 25.7 Å². The average Bonchev–Trinajstić information content (AvgIpc) is 2.33. The molecular weight excluding hydrogens is 228 g/mol. The molecular formula is C11H21ClN2O2. The van der Waals surface area contributed by atoms with Gasteiger partial charge in [0.2, 0.25) is 0 Å². The standard InChI is InChI=1S/C11H21ClN2O2/c12-5-7-14-11(15)13-6-1-2-10-3-8-16-9-4-10/h10H,1-9H2,(H2,13,14,15). The molecule has 2 amide bonds. The number of nitrogens with one attached hydrogen (secondary N) is 2. The van der Waals surface area contributed by atoms with Gasteiger partial charge >= 0.3 is 6.03 Å². The van der Waals surface area contributed by atoms with Crippen LogP contribution < -0.4 is 10.6 Å². The molecule has 0 aromatic rings. The Bertz CT molecular complexity index is 196. The van der Waals surface area contributed by atoms with Crippen LogP contribution in [-0.2, 0) is 4.74 Å². The number of amides is 2. The van der Waals surface area contributed by atoms with Crippen LogP contribution in [0.5, 0.6) is 0 Å². The summed E-state index contributed by atoms with van der Waals surface area (Å²) in [6.07, 6.45) is 4.55. The zero-order valence-electron chi connectivity index (χ0n) is 9.64. The molecule has 2 N–H and O–H groups in total. The topological polar surface area (TPSA) is 50.4 Å². The van der Waals surface area contributed by atoms with Crippen LogP contribution in [0.25, 0.3) is 0 Å². The third-order valence-corrected chi connectivity index (χ3v) is 2.98. The molecule has 0 radical (unpaired) electrons. The summed E-state index contributed by atoms with van der Waals surface area (Å²) in [4.78, 5) is 11.2. The van der Waals surface area contributed by atoms with E-state index in [1.807, 2.05) is 0 Å². The van der Waals surface area contributed by atoms with E-state index >= 15 is 0 Å². The van der Waals surface area contributed by atoms with Gasteiger partial charge in [0.1, 0.15) is 0 Å². The Labute approximate surface area is 102 Å². The van der Waals surface area contributed by atoms with Crippen LogP contribution in [-0.4, -0.2) is 38.2 Å². The number of halogens is 1. The van der Waals surface area contributed by atoms with Gasteiger partial charge in [0.25, 0.3) is 0 Å². The summed E-state index contributed by atoms with van der Waals surface area (Å²) in [7, 11) is 0. The van der Waals surface area contributed by atoms with Crippen molar-refractivity contribution < 1.29 is 9.53 Å². The van der Waals surface area contributed by atoms with Crippen molar-refractivity contribution in [3.8, 4) is 0 Å². The van der Waals surface area contributed by atoms with Crippen LogP contribution in [0.2, 0.25) is 0 Å². The summed E-state index contributed by atoms with van der Waals surface area (Å²) in [5.74, 6) is 1.23. The number of urea groups is 1. The van der Waals surface area contributed by atoms with E-state index in [0.29, 0.717) is 12.4 Å². The Balaban J connectivity index is 1.92. The van der Waals surface area contributed by atoms with Gasteiger partial charge in [0.15, 0.2) is 0 Å². The molecule has 0 saturated carbocycles. The normalized spacial score (nSPS) is 17.1. The van der Waals surface area contributed by atoms with Crippen LogP contribution in [0.3, 0.4) is 0 Å². The van der Waals surface area contributed by atoms with Gasteiger partial charge in [-0.05, 0) is 31.6 Å². The summed E-state index contributed by atoms with van der Waals surface area (Å²) in [5, 5.41) is 5.49. The first kappa shape index (κ1) is 13.6. The van der Waals surface area contributed by atoms with E-state index < -0.39 is 0 Å². The number of hydrogen-bond donors (Lipinski definition) is 2. The fraction of sp³-hybridized carbons (Fsp3) is 0.909. The van der Waals surface area contributed by atoms with E-state index in [1.165, 1.54) is 19.3 Å². The van der Waals surface area contributed by atoms with Crippen LogP contribution in [0.1, 0.15) is 25.7 Å². The van der Waals surface area contributed by atoms with Gasteiger partial charge in [-0.15, -0.1) is 11.6 Å². The first-order chi connectivity index (χ1) is 7.83. The van der Waals surface area contributed by atoms with E-state index in [0.717, 1.165) is 32.1 Å². The smallest absolute Gasteiger partial charge is 0.314 e. The van der Waals surface area contributed by atoms with Crippen LogP contribution in [0, 0.1) is 5.92 Å². The van der Waals surface area contributed by atoms with E-state index in [-0.39, 0.29) is 6.03 Å². The Hall–Kier alpha value is -0.480. The quantitative estimate of drug-likeness (QED) is 0.556. The minimum Gasteiger partial charge on any atom is -0.381 e. The fourth-order valence-corrected chi connectivity index (χ4v) is 1.95. The monoisotopic (exact) mass is 248 g/mol. The minimum absolute atomic E-state index is 0.118. The van der Waals surface area contributed by atoms with Crippen molar-refractivity contribution >= 4 is 17.6 Å². The maximum atomic E-state index is 11.2. The van der Waals surface area contributed by atoms with Gasteiger partial charge in [0.05, 0.1) is 0 Å². The molecule has 0 aliphatic carbocycles. The Kier molecular flexibility index (Phi) is 7.34. The molecule has 0 bridgehead atoms. The van der Waals surface area contributed by atoms with Gasteiger partial charge in [-0.3, -0.25) is 0 Å². The molecule has 16 heavy (non-hydrogen) atoms. The van der Waals surface area contributed by atoms with Crippen molar-refractivity contribution in [3.05, 3.63) is 0 Å². The van der Waals surface area contributed by atoms with Crippen LogP contribution >= 0.6 is 11.6 Å². The largest absolute Gasteiger partial charge is 0.381 e. The summed E-state index contributed by atoms with van der Waals surface area (Å²) in [6, 6.07) is -0.118. The van der Waals surface area contributed by atoms with E-state index in [1.54, 1.807) is 0 Å². The number of carbonyl (C=O) groups excluding carboxylic acids is 1. The number of hydrogen-bond acceptors (Lipinski definition) is 2. The SMILES string of the molecule is O=C(NCCCl)NCCCC1CCOCC1. The minimum atomic E-state index is -0.118. The highest BCUT2D eigenvalue weighted by molar-refractivity contribution is 6.18. The molecule has 1 rings (SSSR count). The highest BCUT2D eigenvalue weighted by Gasteiger charge is 2.12. The lowest BCUT2D eigenvalue weighted by Gasteiger charge is -2.21. The molecule has 1 heterocycles. The number of carbonyl (C=O) groups is 1. The van der Waals surface area contributed by atoms with Crippen LogP contribution in [0.15, 0.2) is 0 Å². The van der Waals surface area contributed by atoms with Gasteiger partial charge in [-0.1, -0.05) is 0 Å². The molecule has 0 aromatic heterocycles. The lowest BCUT2D eigenvalue weighted by molar-refractivity contribution is 0.0634. The van der Waals surface area contributed by atoms with E-state index in [9.17, 15) is 4.79 Å². The molecule has 94 valence electrons. The number of alkyl halides is 1. The second-order valence-electron chi connectivity index (χ2n) is 4.07. The second kappa shape index (κ2) is 8.65. The van der Waals surface area contributed by atoms with E-state index in [4.69, 9.17) is 16.3 Å². The second-order valence-corrected chi connectivity index (χ2v) is 4.45. The van der Waals surface area contributed by atoms with Crippen molar-refractivity contribution in [2.75, 3.05) is 32.2 Å². The molecule has 0 spiro atoms. The van der Waals surface area contributed by atoms with Crippen molar-refractivity contribution in [3.63, 3.8) is 0 Å². The maximum Gasteiger partial charge on any atom is 0.314 e. The molecule has 0 unspecified atom stereocenters. The maximum absolute atomic E-state index is 11.2. The Morgan fingerprint density at radius 1 is 1.25 bits per heavy atom. The lowest BCUT2D eigenvalue weighted by atomic mass is 9.95. The highest BCUT2D eigenvalue weighted by atomic mass is 35.5. The molecule has 5 heteroatoms. The molecule has 1 aliphatic heterocycles. The van der Waals surface area contributed by atoms with Gasteiger partial charge < -0.3 is 15.4 Å². The first-order valence-electron chi connectivity index (χ1n) is 5.98. The van der Waals surface area contributed by atoms with Gasteiger partial charge in [-0.25, -0.2) is 4.79 Å². The molecule has 0 atom stereocenters. The van der Waals surface area contributed by atoms with Gasteiger partial charge in [0, 0.05) is 32.2 Å². The zero-order chi connectivity index (χ0) is 11.6. The molecule has 1 aliphatic rings. The molecule has 4 nitrogen and oxygen atoms in total. The van der Waals surface area contributed by atoms with Gasteiger partial charge in [-0.2, -0.15) is 0 Å². The lowest BCUT2D eigenvalue weighted by Crippen LogP contribution is -2.37. The predicted octanol–water partition coefficient (Wildman–Crippen LogP) is 1.73. The van der Waals surface area contributed by atoms with Crippen LogP contribution in [0.4, 0.5) is 4.79 Å². The summed E-state index contributed by atoms with van der Waals surface area (Å²) >= 11 is 5.45. The summed E-state index contributed by atoms with van der Waals surface area (Å²) in [5.41, 5.74) is 0. The molecule has 1 saturated heterocycles. The third-order valence-electron chi connectivity index (χ3n) is 2.80. The van der Waals surface area contributed by atoms with Crippen molar-refractivity contribution in [2.24, 2.45) is 5.92 Å². The highest BCUT2D eigenvalue weighted by Crippen LogP contribution is 2.19. The van der Waals surface area contributed by atoms with Crippen molar-refractivity contribution in [1.82, 2.24) is 10.6 Å². The summed E-state index contributed by atoms with van der Waals surface area (Å²) < 4.78 is 5.30. The Morgan fingerprint density at radius 2 is 1.94 bits per heavy atom.